The molecule has 0 unspecified atom stereocenters. The highest BCUT2D eigenvalue weighted by Crippen LogP contribution is 2.33. The largest absolute Gasteiger partial charge is 0.396 e. The molecule has 1 aromatic carbocycles. The number of tetrazole rings is 1. The minimum Gasteiger partial charge on any atom is -0.396 e. The first-order valence-electron chi connectivity index (χ1n) is 10.5. The van der Waals surface area contributed by atoms with E-state index in [0.29, 0.717) is 24.0 Å². The van der Waals surface area contributed by atoms with Gasteiger partial charge in [-0.15, -0.1) is 10.2 Å². The highest BCUT2D eigenvalue weighted by atomic mass is 32.2. The number of hydrogen-bond acceptors (Lipinski definition) is 6. The van der Waals surface area contributed by atoms with Gasteiger partial charge in [0.2, 0.25) is 15.8 Å². The number of aliphatic hydroxyl groups is 1. The second kappa shape index (κ2) is 12.0. The first-order chi connectivity index (χ1) is 14.0. The van der Waals surface area contributed by atoms with Crippen LogP contribution >= 0.6 is 0 Å². The summed E-state index contributed by atoms with van der Waals surface area (Å²) < 4.78 is 25.1. The van der Waals surface area contributed by atoms with Crippen LogP contribution in [0, 0.1) is 0 Å². The van der Waals surface area contributed by atoms with E-state index >= 15 is 0 Å². The van der Waals surface area contributed by atoms with Gasteiger partial charge in [0.25, 0.3) is 0 Å². The maximum atomic E-state index is 12.5. The molecule has 0 aliphatic rings. The van der Waals surface area contributed by atoms with Crippen LogP contribution < -0.4 is 5.14 Å². The topological polar surface area (TPSA) is 135 Å². The molecule has 0 saturated carbocycles. The number of nitrogens with two attached hydrogens (primary N) is 1. The molecule has 0 fully saturated rings. The van der Waals surface area contributed by atoms with Crippen molar-refractivity contribution >= 4 is 10.0 Å². The van der Waals surface area contributed by atoms with Crippen molar-refractivity contribution < 1.29 is 13.5 Å². The lowest BCUT2D eigenvalue weighted by molar-refractivity contribution is 0.282. The molecule has 0 amide bonds. The fraction of sp³-hybridized carbons (Fsp3) is 0.650. The maximum Gasteiger partial charge on any atom is 0.239 e. The molecule has 0 bridgehead atoms. The molecule has 0 spiro atoms. The number of sulfonamides is 1. The molecule has 0 atom stereocenters. The van der Waals surface area contributed by atoms with Crippen molar-refractivity contribution in [2.75, 3.05) is 6.61 Å². The van der Waals surface area contributed by atoms with E-state index in [2.05, 4.69) is 27.5 Å². The Morgan fingerprint density at radius 3 is 2.17 bits per heavy atom. The second-order valence-corrected chi connectivity index (χ2v) is 8.92. The summed E-state index contributed by atoms with van der Waals surface area (Å²) in [5.74, 6) is 0.257. The van der Waals surface area contributed by atoms with Crippen molar-refractivity contribution in [1.82, 2.24) is 20.6 Å². The number of nitrogens with zero attached hydrogens (tertiary/aromatic N) is 3. The van der Waals surface area contributed by atoms with Crippen LogP contribution in [-0.4, -0.2) is 40.8 Å². The van der Waals surface area contributed by atoms with Gasteiger partial charge < -0.3 is 5.11 Å². The average molecular weight is 424 g/mol. The summed E-state index contributed by atoms with van der Waals surface area (Å²) in [6.45, 7) is 2.36. The number of unbranched alkanes of at least 4 members (excludes halogenated alkanes) is 7. The lowest BCUT2D eigenvalue weighted by atomic mass is 9.95. The molecule has 1 aromatic heterocycles. The Hall–Kier alpha value is -1.84. The van der Waals surface area contributed by atoms with Gasteiger partial charge in [-0.2, -0.15) is 5.21 Å². The van der Waals surface area contributed by atoms with E-state index in [1.54, 1.807) is 0 Å². The number of rotatable bonds is 14. The summed E-state index contributed by atoms with van der Waals surface area (Å²) in [6, 6.07) is 3.85. The van der Waals surface area contributed by atoms with Gasteiger partial charge in [0, 0.05) is 12.2 Å². The van der Waals surface area contributed by atoms with Crippen LogP contribution in [-0.2, 0) is 22.9 Å². The summed E-state index contributed by atoms with van der Waals surface area (Å²) in [5.41, 5.74) is 2.04. The van der Waals surface area contributed by atoms with E-state index in [9.17, 15) is 8.42 Å². The molecular weight excluding hydrogens is 390 g/mol. The van der Waals surface area contributed by atoms with Crippen molar-refractivity contribution in [2.24, 2.45) is 5.14 Å². The first kappa shape index (κ1) is 23.4. The number of benzene rings is 1. The number of primary sulfonamides is 1. The molecular formula is C20H33N5O3S. The summed E-state index contributed by atoms with van der Waals surface area (Å²) in [5, 5.41) is 28.7. The number of aromatic nitrogens is 4. The van der Waals surface area contributed by atoms with Gasteiger partial charge in [-0.05, 0) is 48.4 Å². The number of aryl methyl sites for hydroxylation is 2. The van der Waals surface area contributed by atoms with E-state index in [0.717, 1.165) is 56.9 Å². The van der Waals surface area contributed by atoms with Crippen LogP contribution in [0.2, 0.25) is 0 Å². The number of aliphatic hydroxyl groups excluding tert-OH is 1. The van der Waals surface area contributed by atoms with Crippen molar-refractivity contribution in [3.8, 4) is 11.4 Å². The number of aromatic amines is 1. The monoisotopic (exact) mass is 423 g/mol. The Kier molecular flexibility index (Phi) is 9.69. The third kappa shape index (κ3) is 7.17. The number of nitrogens with one attached hydrogen (secondary N) is 1. The lowest BCUT2D eigenvalue weighted by Gasteiger charge is -2.16. The molecule has 2 rings (SSSR count). The highest BCUT2D eigenvalue weighted by Gasteiger charge is 2.25. The quantitative estimate of drug-likeness (QED) is 0.400. The summed E-state index contributed by atoms with van der Waals surface area (Å²) in [7, 11) is -3.95. The van der Waals surface area contributed by atoms with Gasteiger partial charge in [0.1, 0.15) is 0 Å². The van der Waals surface area contributed by atoms with Gasteiger partial charge in [-0.1, -0.05) is 57.6 Å². The zero-order valence-corrected chi connectivity index (χ0v) is 18.0. The predicted molar refractivity (Wildman–Crippen MR) is 113 cm³/mol. The van der Waals surface area contributed by atoms with E-state index in [4.69, 9.17) is 10.2 Å². The average Bonchev–Trinajstić information content (AvgIpc) is 3.21. The van der Waals surface area contributed by atoms with Crippen molar-refractivity contribution in [2.45, 2.75) is 82.4 Å². The summed E-state index contributed by atoms with van der Waals surface area (Å²) >= 11 is 0. The second-order valence-electron chi connectivity index (χ2n) is 7.42. The van der Waals surface area contributed by atoms with Crippen LogP contribution in [0.15, 0.2) is 17.0 Å². The van der Waals surface area contributed by atoms with Gasteiger partial charge in [0.15, 0.2) is 0 Å². The third-order valence-corrected chi connectivity index (χ3v) is 6.12. The molecule has 2 aromatic rings. The van der Waals surface area contributed by atoms with Crippen LogP contribution in [0.3, 0.4) is 0 Å². The Bertz CT molecular complexity index is 838. The van der Waals surface area contributed by atoms with Crippen LogP contribution in [0.4, 0.5) is 0 Å². The van der Waals surface area contributed by atoms with Crippen LogP contribution in [0.25, 0.3) is 11.4 Å². The van der Waals surface area contributed by atoms with Gasteiger partial charge in [0.05, 0.1) is 4.90 Å². The molecule has 0 saturated heterocycles. The Balaban J connectivity index is 2.32. The number of H-pyrrole nitrogens is 1. The highest BCUT2D eigenvalue weighted by molar-refractivity contribution is 7.89. The smallest absolute Gasteiger partial charge is 0.239 e. The molecule has 162 valence electrons. The predicted octanol–water partition coefficient (Wildman–Crippen LogP) is 3.12. The maximum absolute atomic E-state index is 12.5. The Morgan fingerprint density at radius 1 is 0.966 bits per heavy atom. The summed E-state index contributed by atoms with van der Waals surface area (Å²) in [4.78, 5) is 0.127. The van der Waals surface area contributed by atoms with Crippen LogP contribution in [0.1, 0.15) is 75.8 Å². The van der Waals surface area contributed by atoms with Crippen molar-refractivity contribution in [3.05, 3.63) is 23.3 Å². The van der Waals surface area contributed by atoms with E-state index in [1.807, 2.05) is 12.1 Å². The fourth-order valence-corrected chi connectivity index (χ4v) is 4.65. The van der Waals surface area contributed by atoms with E-state index < -0.39 is 10.0 Å². The normalized spacial score (nSPS) is 11.8. The molecule has 4 N–H and O–H groups in total. The molecule has 0 aliphatic heterocycles. The molecule has 1 heterocycles. The first-order valence-corrected chi connectivity index (χ1v) is 12.1. The standard InChI is InChI=1S/C20H33N5O3S/c1-2-3-4-5-9-12-17-14-13-16(11-8-6-7-10-15-26)18(19(17)29(21,27)28)20-22-24-25-23-20/h13-14,26H,2-12,15H2,1H3,(H2,21,27,28)(H,22,23,24,25). The molecule has 0 aliphatic carbocycles. The zero-order chi connectivity index (χ0) is 21.1. The Morgan fingerprint density at radius 2 is 1.59 bits per heavy atom. The third-order valence-electron chi connectivity index (χ3n) is 5.08. The van der Waals surface area contributed by atoms with Crippen molar-refractivity contribution in [3.63, 3.8) is 0 Å². The minimum absolute atomic E-state index is 0.127. The minimum atomic E-state index is -3.95. The van der Waals surface area contributed by atoms with Crippen LogP contribution in [0.5, 0.6) is 0 Å². The lowest BCUT2D eigenvalue weighted by Crippen LogP contribution is -2.17. The van der Waals surface area contributed by atoms with Crippen molar-refractivity contribution in [1.29, 1.82) is 0 Å². The van der Waals surface area contributed by atoms with Gasteiger partial charge >= 0.3 is 0 Å². The van der Waals surface area contributed by atoms with E-state index in [1.165, 1.54) is 6.42 Å². The number of hydrogen-bond donors (Lipinski definition) is 3. The zero-order valence-electron chi connectivity index (χ0n) is 17.2. The summed E-state index contributed by atoms with van der Waals surface area (Å²) in [6.07, 6.45) is 10.3. The molecule has 8 nitrogen and oxygen atoms in total. The SMILES string of the molecule is CCCCCCCc1ccc(CCCCCCO)c(-c2nn[nH]n2)c1S(N)(=O)=O. The Labute approximate surface area is 173 Å². The molecule has 29 heavy (non-hydrogen) atoms. The fourth-order valence-electron chi connectivity index (χ4n) is 3.61. The molecule has 0 radical (unpaired) electrons. The van der Waals surface area contributed by atoms with E-state index in [-0.39, 0.29) is 17.3 Å². The molecule has 9 heteroatoms. The van der Waals surface area contributed by atoms with Gasteiger partial charge in [-0.3, -0.25) is 0 Å². The van der Waals surface area contributed by atoms with Gasteiger partial charge in [-0.25, -0.2) is 13.6 Å².